The standard InChI is InChI=1S/C15H15NOS/c16-15(9-17-10-15)13-3-1-2-12(8-13)11-4-6-14(18)7-5-11/h1-8,18H,9-10,16H2. The molecule has 3 heteroatoms. The fourth-order valence-electron chi connectivity index (χ4n) is 2.15. The Balaban J connectivity index is 1.98. The van der Waals surface area contributed by atoms with Crippen molar-refractivity contribution in [3.8, 4) is 11.1 Å². The van der Waals surface area contributed by atoms with Gasteiger partial charge in [-0.1, -0.05) is 30.3 Å². The Morgan fingerprint density at radius 2 is 1.72 bits per heavy atom. The molecule has 1 aliphatic heterocycles. The molecule has 1 aliphatic rings. The largest absolute Gasteiger partial charge is 0.377 e. The van der Waals surface area contributed by atoms with E-state index < -0.39 is 0 Å². The first-order valence-corrected chi connectivity index (χ1v) is 6.39. The molecule has 0 atom stereocenters. The molecule has 2 aromatic carbocycles. The Hall–Kier alpha value is -1.29. The van der Waals surface area contributed by atoms with Crippen LogP contribution in [0.15, 0.2) is 53.4 Å². The van der Waals surface area contributed by atoms with Crippen LogP contribution in [0.3, 0.4) is 0 Å². The van der Waals surface area contributed by atoms with Gasteiger partial charge in [-0.05, 0) is 34.9 Å². The van der Waals surface area contributed by atoms with Gasteiger partial charge in [0.05, 0.1) is 18.8 Å². The summed E-state index contributed by atoms with van der Waals surface area (Å²) in [4.78, 5) is 0.970. The van der Waals surface area contributed by atoms with Gasteiger partial charge in [-0.15, -0.1) is 12.6 Å². The predicted octanol–water partition coefficient (Wildman–Crippen LogP) is 2.83. The van der Waals surface area contributed by atoms with E-state index in [1.165, 1.54) is 11.1 Å². The predicted molar refractivity (Wildman–Crippen MR) is 75.8 cm³/mol. The normalized spacial score (nSPS) is 17.2. The van der Waals surface area contributed by atoms with Crippen molar-refractivity contribution in [1.82, 2.24) is 0 Å². The Labute approximate surface area is 112 Å². The second-order valence-corrected chi connectivity index (χ2v) is 5.29. The van der Waals surface area contributed by atoms with Crippen LogP contribution in [0, 0.1) is 0 Å². The van der Waals surface area contributed by atoms with Crippen LogP contribution in [-0.2, 0) is 10.3 Å². The molecular weight excluding hydrogens is 242 g/mol. The summed E-state index contributed by atoms with van der Waals surface area (Å²) in [5.41, 5.74) is 9.45. The van der Waals surface area contributed by atoms with E-state index in [2.05, 4.69) is 43.0 Å². The Morgan fingerprint density at radius 3 is 2.33 bits per heavy atom. The third-order valence-electron chi connectivity index (χ3n) is 3.36. The molecule has 1 saturated heterocycles. The van der Waals surface area contributed by atoms with Gasteiger partial charge in [0.1, 0.15) is 0 Å². The average Bonchev–Trinajstić information content (AvgIpc) is 2.37. The van der Waals surface area contributed by atoms with E-state index in [1.54, 1.807) is 0 Å². The summed E-state index contributed by atoms with van der Waals surface area (Å²) in [6.45, 7) is 1.21. The average molecular weight is 257 g/mol. The lowest BCUT2D eigenvalue weighted by atomic mass is 9.87. The molecule has 0 amide bonds. The number of thiol groups is 1. The van der Waals surface area contributed by atoms with Gasteiger partial charge in [0.25, 0.3) is 0 Å². The van der Waals surface area contributed by atoms with Crippen molar-refractivity contribution in [1.29, 1.82) is 0 Å². The fourth-order valence-corrected chi connectivity index (χ4v) is 2.30. The smallest absolute Gasteiger partial charge is 0.0884 e. The van der Waals surface area contributed by atoms with Gasteiger partial charge < -0.3 is 10.5 Å². The van der Waals surface area contributed by atoms with Crippen molar-refractivity contribution in [3.63, 3.8) is 0 Å². The molecule has 3 rings (SSSR count). The summed E-state index contributed by atoms with van der Waals surface area (Å²) in [5, 5.41) is 0. The van der Waals surface area contributed by atoms with Crippen LogP contribution >= 0.6 is 12.6 Å². The van der Waals surface area contributed by atoms with Crippen LogP contribution in [0.5, 0.6) is 0 Å². The number of hydrogen-bond acceptors (Lipinski definition) is 3. The topological polar surface area (TPSA) is 35.2 Å². The lowest BCUT2D eigenvalue weighted by Gasteiger charge is -2.38. The molecule has 0 aromatic heterocycles. The lowest BCUT2D eigenvalue weighted by Crippen LogP contribution is -2.54. The van der Waals surface area contributed by atoms with Crippen LogP contribution in [-0.4, -0.2) is 13.2 Å². The van der Waals surface area contributed by atoms with Gasteiger partial charge in [0.2, 0.25) is 0 Å². The van der Waals surface area contributed by atoms with Gasteiger partial charge >= 0.3 is 0 Å². The molecule has 2 aromatic rings. The first-order chi connectivity index (χ1) is 8.67. The third kappa shape index (κ3) is 2.05. The highest BCUT2D eigenvalue weighted by Gasteiger charge is 2.35. The van der Waals surface area contributed by atoms with E-state index in [4.69, 9.17) is 10.5 Å². The zero-order valence-electron chi connectivity index (χ0n) is 9.97. The van der Waals surface area contributed by atoms with Crippen molar-refractivity contribution >= 4 is 12.6 Å². The highest BCUT2D eigenvalue weighted by molar-refractivity contribution is 7.80. The minimum atomic E-state index is -0.306. The number of ether oxygens (including phenoxy) is 1. The van der Waals surface area contributed by atoms with Gasteiger partial charge in [-0.25, -0.2) is 0 Å². The minimum Gasteiger partial charge on any atom is -0.377 e. The van der Waals surface area contributed by atoms with Crippen LogP contribution in [0.2, 0.25) is 0 Å². The van der Waals surface area contributed by atoms with Crippen molar-refractivity contribution in [2.24, 2.45) is 5.73 Å². The Kier molecular flexibility index (Phi) is 2.90. The second kappa shape index (κ2) is 4.43. The van der Waals surface area contributed by atoms with Gasteiger partial charge in [-0.2, -0.15) is 0 Å². The maximum absolute atomic E-state index is 6.26. The molecule has 0 bridgehead atoms. The molecule has 0 spiro atoms. The van der Waals surface area contributed by atoms with E-state index in [-0.39, 0.29) is 5.54 Å². The fraction of sp³-hybridized carbons (Fsp3) is 0.200. The van der Waals surface area contributed by atoms with Crippen molar-refractivity contribution in [2.75, 3.05) is 13.2 Å². The molecule has 0 aliphatic carbocycles. The molecule has 1 heterocycles. The van der Waals surface area contributed by atoms with Crippen molar-refractivity contribution < 1.29 is 4.74 Å². The van der Waals surface area contributed by atoms with Gasteiger partial charge in [0, 0.05) is 4.90 Å². The molecular formula is C15H15NOS. The highest BCUT2D eigenvalue weighted by Crippen LogP contribution is 2.30. The van der Waals surface area contributed by atoms with Crippen LogP contribution < -0.4 is 5.73 Å². The zero-order chi connectivity index (χ0) is 12.6. The third-order valence-corrected chi connectivity index (χ3v) is 3.66. The Morgan fingerprint density at radius 1 is 1.00 bits per heavy atom. The summed E-state index contributed by atoms with van der Waals surface area (Å²) >= 11 is 4.30. The molecule has 1 fully saturated rings. The molecule has 0 saturated carbocycles. The summed E-state index contributed by atoms with van der Waals surface area (Å²) in [7, 11) is 0. The van der Waals surface area contributed by atoms with Gasteiger partial charge in [0.15, 0.2) is 0 Å². The van der Waals surface area contributed by atoms with Crippen LogP contribution in [0.1, 0.15) is 5.56 Å². The second-order valence-electron chi connectivity index (χ2n) is 4.78. The van der Waals surface area contributed by atoms with Crippen molar-refractivity contribution in [3.05, 3.63) is 54.1 Å². The summed E-state index contributed by atoms with van der Waals surface area (Å²) < 4.78 is 5.22. The minimum absolute atomic E-state index is 0.306. The lowest BCUT2D eigenvalue weighted by molar-refractivity contribution is -0.0568. The first-order valence-electron chi connectivity index (χ1n) is 5.94. The summed E-state index contributed by atoms with van der Waals surface area (Å²) in [6, 6.07) is 16.5. The zero-order valence-corrected chi connectivity index (χ0v) is 10.9. The van der Waals surface area contributed by atoms with Crippen molar-refractivity contribution in [2.45, 2.75) is 10.4 Å². The number of hydrogen-bond donors (Lipinski definition) is 2. The maximum Gasteiger partial charge on any atom is 0.0884 e. The SMILES string of the molecule is NC1(c2cccc(-c3ccc(S)cc3)c2)COC1. The monoisotopic (exact) mass is 257 g/mol. The molecule has 0 radical (unpaired) electrons. The number of nitrogens with two attached hydrogens (primary N) is 1. The van der Waals surface area contributed by atoms with E-state index in [1.807, 2.05) is 18.2 Å². The molecule has 2 nitrogen and oxygen atoms in total. The molecule has 18 heavy (non-hydrogen) atoms. The number of benzene rings is 2. The van der Waals surface area contributed by atoms with E-state index >= 15 is 0 Å². The molecule has 2 N–H and O–H groups in total. The molecule has 92 valence electrons. The van der Waals surface area contributed by atoms with Crippen LogP contribution in [0.4, 0.5) is 0 Å². The number of rotatable bonds is 2. The summed E-state index contributed by atoms with van der Waals surface area (Å²) in [6.07, 6.45) is 0. The highest BCUT2D eigenvalue weighted by atomic mass is 32.1. The molecule has 0 unspecified atom stereocenters. The first kappa shape index (κ1) is 11.8. The quantitative estimate of drug-likeness (QED) is 0.811. The van der Waals surface area contributed by atoms with E-state index in [0.29, 0.717) is 13.2 Å². The van der Waals surface area contributed by atoms with E-state index in [9.17, 15) is 0 Å². The Bertz CT molecular complexity index is 561. The van der Waals surface area contributed by atoms with Crippen LogP contribution in [0.25, 0.3) is 11.1 Å². The maximum atomic E-state index is 6.26. The summed E-state index contributed by atoms with van der Waals surface area (Å²) in [5.74, 6) is 0. The van der Waals surface area contributed by atoms with Gasteiger partial charge in [-0.3, -0.25) is 0 Å². The van der Waals surface area contributed by atoms with E-state index in [0.717, 1.165) is 10.5 Å².